The van der Waals surface area contributed by atoms with Crippen LogP contribution in [0.3, 0.4) is 0 Å². The number of nitrogens with zero attached hydrogens (tertiary/aromatic N) is 3. The van der Waals surface area contributed by atoms with Crippen LogP contribution in [0.4, 0.5) is 0 Å². The predicted octanol–water partition coefficient (Wildman–Crippen LogP) is 9.29. The number of hydrogen-bond acceptors (Lipinski definition) is 2. The van der Waals surface area contributed by atoms with E-state index in [0.29, 0.717) is 0 Å². The van der Waals surface area contributed by atoms with E-state index in [1.807, 2.05) is 6.07 Å². The van der Waals surface area contributed by atoms with Gasteiger partial charge in [-0.2, -0.15) is 0 Å². The zero-order valence-corrected chi connectivity index (χ0v) is 22.5. The van der Waals surface area contributed by atoms with Crippen molar-refractivity contribution in [3.05, 3.63) is 139 Å². The van der Waals surface area contributed by atoms with E-state index in [9.17, 15) is 0 Å². The van der Waals surface area contributed by atoms with E-state index in [0.717, 1.165) is 39.4 Å². The molecule has 0 amide bonds. The maximum absolute atomic E-state index is 5.46. The zero-order chi connectivity index (χ0) is 26.8. The molecule has 4 heterocycles. The minimum atomic E-state index is -0.420. The van der Waals surface area contributed by atoms with Crippen LogP contribution in [-0.4, -0.2) is 14.4 Å². The molecule has 190 valence electrons. The van der Waals surface area contributed by atoms with E-state index < -0.39 is 5.41 Å². The van der Waals surface area contributed by atoms with E-state index in [4.69, 9.17) is 9.97 Å². The van der Waals surface area contributed by atoms with Crippen molar-refractivity contribution in [1.29, 1.82) is 0 Å². The molecule has 0 aliphatic heterocycles. The number of para-hydroxylation sites is 2. The van der Waals surface area contributed by atoms with Crippen molar-refractivity contribution in [3.8, 4) is 22.5 Å². The second-order valence-corrected chi connectivity index (χ2v) is 11.1. The summed E-state index contributed by atoms with van der Waals surface area (Å²) in [7, 11) is 0. The first-order valence-electron chi connectivity index (χ1n) is 13.8. The molecule has 40 heavy (non-hydrogen) atoms. The van der Waals surface area contributed by atoms with Crippen LogP contribution in [0, 0.1) is 0 Å². The fraction of sp³-hybridized carbons (Fsp3) is 0.0811. The predicted molar refractivity (Wildman–Crippen MR) is 166 cm³/mol. The quantitative estimate of drug-likeness (QED) is 0.235. The average Bonchev–Trinajstić information content (AvgIpc) is 3.54. The molecule has 8 rings (SSSR count). The zero-order valence-electron chi connectivity index (χ0n) is 22.5. The third-order valence-corrected chi connectivity index (χ3v) is 8.35. The fourth-order valence-electron chi connectivity index (χ4n) is 6.24. The Bertz CT molecular complexity index is 2170. The summed E-state index contributed by atoms with van der Waals surface area (Å²) in [4.78, 5) is 10.6. The van der Waals surface area contributed by atoms with Crippen molar-refractivity contribution in [1.82, 2.24) is 14.4 Å². The van der Waals surface area contributed by atoms with Gasteiger partial charge in [0.15, 0.2) is 0 Å². The molecule has 0 fully saturated rings. The van der Waals surface area contributed by atoms with Gasteiger partial charge in [0.2, 0.25) is 0 Å². The van der Waals surface area contributed by atoms with Crippen LogP contribution >= 0.6 is 0 Å². The van der Waals surface area contributed by atoms with E-state index >= 15 is 0 Å². The highest BCUT2D eigenvalue weighted by Crippen LogP contribution is 2.43. The molecule has 0 spiro atoms. The van der Waals surface area contributed by atoms with Crippen molar-refractivity contribution in [2.45, 2.75) is 19.3 Å². The van der Waals surface area contributed by atoms with Crippen LogP contribution in [0.1, 0.15) is 25.2 Å². The monoisotopic (exact) mass is 513 g/mol. The van der Waals surface area contributed by atoms with Crippen molar-refractivity contribution < 1.29 is 0 Å². The molecule has 0 unspecified atom stereocenters. The molecule has 0 aliphatic carbocycles. The molecule has 0 saturated heterocycles. The molecule has 8 aromatic rings. The minimum Gasteiger partial charge on any atom is -0.306 e. The summed E-state index contributed by atoms with van der Waals surface area (Å²) in [6, 6.07) is 45.0. The standard InChI is InChI=1S/C37H27N3/c1-37(2,32-22-12-20-30(38-32)24-13-5-3-6-14-24)33-23-29-28-19-11-18-27-26-17-9-10-21-31(26)40(35(27)28)36(29)34(39-33)25-15-7-4-8-16-25/h3-23H,1-2H3. The largest absolute Gasteiger partial charge is 0.306 e. The second-order valence-electron chi connectivity index (χ2n) is 11.1. The van der Waals surface area contributed by atoms with Crippen LogP contribution in [0.15, 0.2) is 127 Å². The van der Waals surface area contributed by atoms with Crippen molar-refractivity contribution in [2.75, 3.05) is 0 Å². The van der Waals surface area contributed by atoms with E-state index in [1.165, 1.54) is 32.6 Å². The van der Waals surface area contributed by atoms with Crippen LogP contribution in [0.2, 0.25) is 0 Å². The summed E-state index contributed by atoms with van der Waals surface area (Å²) < 4.78 is 2.43. The van der Waals surface area contributed by atoms with Gasteiger partial charge in [-0.3, -0.25) is 4.98 Å². The maximum atomic E-state index is 5.46. The highest BCUT2D eigenvalue weighted by atomic mass is 14.9. The smallest absolute Gasteiger partial charge is 0.0952 e. The molecule has 4 aromatic carbocycles. The first-order valence-corrected chi connectivity index (χ1v) is 13.8. The summed E-state index contributed by atoms with van der Waals surface area (Å²) in [5.74, 6) is 0. The lowest BCUT2D eigenvalue weighted by Crippen LogP contribution is -2.22. The SMILES string of the molecule is CC(C)(c1cccc(-c2ccccc2)n1)c1cc2c3cccc4c5ccccc5n(c2c(-c2ccccc2)n1)c43. The Hall–Kier alpha value is -5.02. The number of aromatic nitrogens is 3. The summed E-state index contributed by atoms with van der Waals surface area (Å²) in [5, 5.41) is 5.03. The Kier molecular flexibility index (Phi) is 4.86. The molecule has 0 atom stereocenters. The van der Waals surface area contributed by atoms with Crippen LogP contribution in [0.5, 0.6) is 0 Å². The third kappa shape index (κ3) is 3.24. The first-order chi connectivity index (χ1) is 19.6. The Morgan fingerprint density at radius 1 is 0.500 bits per heavy atom. The third-order valence-electron chi connectivity index (χ3n) is 8.35. The molecule has 0 saturated carbocycles. The van der Waals surface area contributed by atoms with Gasteiger partial charge in [-0.05, 0) is 38.1 Å². The minimum absolute atomic E-state index is 0.420. The van der Waals surface area contributed by atoms with Gasteiger partial charge in [-0.25, -0.2) is 4.98 Å². The molecule has 3 heteroatoms. The van der Waals surface area contributed by atoms with Gasteiger partial charge in [0.05, 0.1) is 39.3 Å². The molecule has 3 nitrogen and oxygen atoms in total. The topological polar surface area (TPSA) is 30.2 Å². The van der Waals surface area contributed by atoms with E-state index in [-0.39, 0.29) is 0 Å². The maximum Gasteiger partial charge on any atom is 0.0952 e. The van der Waals surface area contributed by atoms with Gasteiger partial charge in [-0.15, -0.1) is 0 Å². The van der Waals surface area contributed by atoms with Gasteiger partial charge < -0.3 is 4.40 Å². The summed E-state index contributed by atoms with van der Waals surface area (Å²) in [6.07, 6.45) is 0. The van der Waals surface area contributed by atoms with Crippen molar-refractivity contribution in [3.63, 3.8) is 0 Å². The van der Waals surface area contributed by atoms with Gasteiger partial charge in [0, 0.05) is 38.1 Å². The van der Waals surface area contributed by atoms with Gasteiger partial charge in [0.25, 0.3) is 0 Å². The fourth-order valence-corrected chi connectivity index (χ4v) is 6.24. The van der Waals surface area contributed by atoms with Crippen LogP contribution in [0.25, 0.3) is 60.6 Å². The van der Waals surface area contributed by atoms with Gasteiger partial charge in [-0.1, -0.05) is 103 Å². The number of fused-ring (bicyclic) bond motifs is 6. The van der Waals surface area contributed by atoms with Gasteiger partial charge in [0.1, 0.15) is 0 Å². The lowest BCUT2D eigenvalue weighted by atomic mass is 9.83. The van der Waals surface area contributed by atoms with Crippen molar-refractivity contribution in [2.24, 2.45) is 0 Å². The summed E-state index contributed by atoms with van der Waals surface area (Å²) >= 11 is 0. The molecule has 0 radical (unpaired) electrons. The van der Waals surface area contributed by atoms with Crippen LogP contribution < -0.4 is 0 Å². The highest BCUT2D eigenvalue weighted by Gasteiger charge is 2.30. The normalized spacial score (nSPS) is 12.2. The van der Waals surface area contributed by atoms with Crippen LogP contribution in [-0.2, 0) is 5.41 Å². The summed E-state index contributed by atoms with van der Waals surface area (Å²) in [5.41, 5.74) is 9.42. The van der Waals surface area contributed by atoms with Crippen molar-refractivity contribution >= 4 is 38.1 Å². The number of rotatable bonds is 4. The first kappa shape index (κ1) is 22.9. The van der Waals surface area contributed by atoms with E-state index in [1.54, 1.807) is 0 Å². The number of benzene rings is 4. The number of pyridine rings is 2. The molecular formula is C37H27N3. The Labute approximate surface area is 232 Å². The summed E-state index contributed by atoms with van der Waals surface area (Å²) in [6.45, 7) is 4.47. The molecule has 0 N–H and O–H groups in total. The Morgan fingerprint density at radius 2 is 1.12 bits per heavy atom. The van der Waals surface area contributed by atoms with E-state index in [2.05, 4.69) is 140 Å². The molecule has 0 aliphatic rings. The Balaban J connectivity index is 1.45. The molecule has 0 bridgehead atoms. The lowest BCUT2D eigenvalue weighted by Gasteiger charge is -2.25. The average molecular weight is 514 g/mol. The Morgan fingerprint density at radius 3 is 1.90 bits per heavy atom. The lowest BCUT2D eigenvalue weighted by molar-refractivity contribution is 0.598. The second kappa shape index (κ2) is 8.49. The molecular weight excluding hydrogens is 486 g/mol. The highest BCUT2D eigenvalue weighted by molar-refractivity contribution is 6.24. The van der Waals surface area contributed by atoms with Gasteiger partial charge >= 0.3 is 0 Å². The molecule has 4 aromatic heterocycles. The number of hydrogen-bond donors (Lipinski definition) is 0.